The lowest BCUT2D eigenvalue weighted by Crippen LogP contribution is -2.40. The SMILES string of the molecule is CC(CN1CCCC1)Cn1c(=O)[nH]c(Cl)c(C(C)C)c1=O. The molecule has 1 aromatic rings. The number of nitrogens with one attached hydrogen (secondary N) is 1. The second kappa shape index (κ2) is 6.79. The molecule has 0 spiro atoms. The second-order valence-electron chi connectivity index (χ2n) is 6.34. The summed E-state index contributed by atoms with van der Waals surface area (Å²) in [7, 11) is 0. The highest BCUT2D eigenvalue weighted by Crippen LogP contribution is 2.17. The van der Waals surface area contributed by atoms with E-state index >= 15 is 0 Å². The zero-order valence-electron chi connectivity index (χ0n) is 13.0. The maximum atomic E-state index is 12.5. The summed E-state index contributed by atoms with van der Waals surface area (Å²) < 4.78 is 1.29. The third-order valence-corrected chi connectivity index (χ3v) is 4.31. The monoisotopic (exact) mass is 313 g/mol. The van der Waals surface area contributed by atoms with Gasteiger partial charge in [0.05, 0.1) is 5.56 Å². The summed E-state index contributed by atoms with van der Waals surface area (Å²) in [6.45, 7) is 9.47. The van der Waals surface area contributed by atoms with E-state index in [1.807, 2.05) is 13.8 Å². The molecule has 118 valence electrons. The van der Waals surface area contributed by atoms with Gasteiger partial charge in [-0.05, 0) is 37.8 Å². The number of aromatic amines is 1. The van der Waals surface area contributed by atoms with Gasteiger partial charge in [0.25, 0.3) is 5.56 Å². The molecule has 0 bridgehead atoms. The van der Waals surface area contributed by atoms with Crippen LogP contribution in [0.2, 0.25) is 5.15 Å². The molecular formula is C15H24ClN3O2. The normalized spacial score (nSPS) is 17.6. The van der Waals surface area contributed by atoms with Crippen molar-refractivity contribution in [1.29, 1.82) is 0 Å². The van der Waals surface area contributed by atoms with E-state index in [0.717, 1.165) is 19.6 Å². The Morgan fingerprint density at radius 3 is 2.33 bits per heavy atom. The van der Waals surface area contributed by atoms with Crippen molar-refractivity contribution in [3.05, 3.63) is 31.6 Å². The molecule has 6 heteroatoms. The van der Waals surface area contributed by atoms with E-state index in [2.05, 4.69) is 16.8 Å². The van der Waals surface area contributed by atoms with Crippen LogP contribution in [0.25, 0.3) is 0 Å². The zero-order chi connectivity index (χ0) is 15.6. The van der Waals surface area contributed by atoms with Crippen LogP contribution in [0.3, 0.4) is 0 Å². The van der Waals surface area contributed by atoms with E-state index < -0.39 is 5.69 Å². The third kappa shape index (κ3) is 3.77. The predicted octanol–water partition coefficient (Wildman–Crippen LogP) is 2.05. The molecule has 1 atom stereocenters. The largest absolute Gasteiger partial charge is 0.329 e. The summed E-state index contributed by atoms with van der Waals surface area (Å²) in [5.41, 5.74) is -0.181. The van der Waals surface area contributed by atoms with Crippen molar-refractivity contribution < 1.29 is 0 Å². The number of aromatic nitrogens is 2. The first kappa shape index (κ1) is 16.3. The molecule has 5 nitrogen and oxygen atoms in total. The molecule has 0 amide bonds. The van der Waals surface area contributed by atoms with Crippen molar-refractivity contribution in [1.82, 2.24) is 14.5 Å². The molecule has 0 aliphatic carbocycles. The quantitative estimate of drug-likeness (QED) is 0.846. The summed E-state index contributed by atoms with van der Waals surface area (Å²) in [5, 5.41) is 0.170. The van der Waals surface area contributed by atoms with E-state index in [0.29, 0.717) is 12.1 Å². The summed E-state index contributed by atoms with van der Waals surface area (Å²) in [6, 6.07) is 0. The Morgan fingerprint density at radius 2 is 1.76 bits per heavy atom. The first-order valence-electron chi connectivity index (χ1n) is 7.65. The van der Waals surface area contributed by atoms with Crippen LogP contribution in [0.15, 0.2) is 9.59 Å². The second-order valence-corrected chi connectivity index (χ2v) is 6.72. The van der Waals surface area contributed by atoms with Gasteiger partial charge in [-0.25, -0.2) is 4.79 Å². The highest BCUT2D eigenvalue weighted by atomic mass is 35.5. The number of nitrogens with zero attached hydrogens (tertiary/aromatic N) is 2. The van der Waals surface area contributed by atoms with Crippen LogP contribution < -0.4 is 11.2 Å². The van der Waals surface area contributed by atoms with E-state index in [9.17, 15) is 9.59 Å². The molecule has 0 aromatic carbocycles. The summed E-state index contributed by atoms with van der Waals surface area (Å²) in [4.78, 5) is 29.5. The highest BCUT2D eigenvalue weighted by molar-refractivity contribution is 6.30. The average molecular weight is 314 g/mol. The van der Waals surface area contributed by atoms with Crippen molar-refractivity contribution in [3.63, 3.8) is 0 Å². The Bertz CT molecular complexity index is 600. The van der Waals surface area contributed by atoms with Gasteiger partial charge in [-0.1, -0.05) is 32.4 Å². The summed E-state index contributed by atoms with van der Waals surface area (Å²) >= 11 is 6.00. The fraction of sp³-hybridized carbons (Fsp3) is 0.733. The smallest absolute Gasteiger partial charge is 0.303 e. The molecule has 1 aliphatic rings. The van der Waals surface area contributed by atoms with Crippen molar-refractivity contribution in [2.75, 3.05) is 19.6 Å². The van der Waals surface area contributed by atoms with Crippen LogP contribution in [0.1, 0.15) is 45.1 Å². The lowest BCUT2D eigenvalue weighted by atomic mass is 10.1. The van der Waals surface area contributed by atoms with Gasteiger partial charge in [0, 0.05) is 13.1 Å². The lowest BCUT2D eigenvalue weighted by molar-refractivity contribution is 0.268. The van der Waals surface area contributed by atoms with Crippen LogP contribution in [-0.4, -0.2) is 34.1 Å². The van der Waals surface area contributed by atoms with Gasteiger partial charge >= 0.3 is 5.69 Å². The first-order valence-corrected chi connectivity index (χ1v) is 8.02. The maximum Gasteiger partial charge on any atom is 0.329 e. The minimum absolute atomic E-state index is 0.0120. The molecule has 1 saturated heterocycles. The zero-order valence-corrected chi connectivity index (χ0v) is 13.7. The predicted molar refractivity (Wildman–Crippen MR) is 85.3 cm³/mol. The van der Waals surface area contributed by atoms with Crippen LogP contribution in [-0.2, 0) is 6.54 Å². The van der Waals surface area contributed by atoms with Crippen LogP contribution >= 0.6 is 11.6 Å². The third-order valence-electron chi connectivity index (χ3n) is 4.01. The van der Waals surface area contributed by atoms with Crippen molar-refractivity contribution in [3.8, 4) is 0 Å². The van der Waals surface area contributed by atoms with Crippen molar-refractivity contribution >= 4 is 11.6 Å². The summed E-state index contributed by atoms with van der Waals surface area (Å²) in [5.74, 6) is 0.241. The average Bonchev–Trinajstić information content (AvgIpc) is 2.86. The van der Waals surface area contributed by atoms with E-state index in [-0.39, 0.29) is 22.5 Å². The Kier molecular flexibility index (Phi) is 5.27. The number of rotatable bonds is 5. The van der Waals surface area contributed by atoms with E-state index in [4.69, 9.17) is 11.6 Å². The Hall–Kier alpha value is -1.07. The molecule has 2 heterocycles. The Morgan fingerprint density at radius 1 is 1.14 bits per heavy atom. The van der Waals surface area contributed by atoms with Gasteiger partial charge in [-0.15, -0.1) is 0 Å². The highest BCUT2D eigenvalue weighted by Gasteiger charge is 2.19. The maximum absolute atomic E-state index is 12.5. The Balaban J connectivity index is 2.21. The molecule has 1 unspecified atom stereocenters. The molecule has 0 saturated carbocycles. The number of H-pyrrole nitrogens is 1. The van der Waals surface area contributed by atoms with E-state index in [1.165, 1.54) is 17.4 Å². The minimum atomic E-state index is -0.414. The molecule has 2 rings (SSSR count). The fourth-order valence-electron chi connectivity index (χ4n) is 3.00. The topological polar surface area (TPSA) is 58.1 Å². The standard InChI is InChI=1S/C15H24ClN3O2/c1-10(2)12-13(16)17-15(21)19(14(12)20)9-11(3)8-18-6-4-5-7-18/h10-11H,4-9H2,1-3H3,(H,17,21). The molecule has 1 N–H and O–H groups in total. The number of halogens is 1. The van der Waals surface area contributed by atoms with Gasteiger partial charge in [0.15, 0.2) is 0 Å². The van der Waals surface area contributed by atoms with Gasteiger partial charge in [0.2, 0.25) is 0 Å². The van der Waals surface area contributed by atoms with Gasteiger partial charge in [-0.2, -0.15) is 0 Å². The fourth-order valence-corrected chi connectivity index (χ4v) is 3.38. The van der Waals surface area contributed by atoms with Crippen LogP contribution in [0.4, 0.5) is 0 Å². The minimum Gasteiger partial charge on any atom is -0.303 e. The van der Waals surface area contributed by atoms with Crippen molar-refractivity contribution in [2.45, 2.75) is 46.1 Å². The van der Waals surface area contributed by atoms with Gasteiger partial charge in [0.1, 0.15) is 5.15 Å². The molecule has 1 fully saturated rings. The van der Waals surface area contributed by atoms with Crippen LogP contribution in [0.5, 0.6) is 0 Å². The molecule has 1 aromatic heterocycles. The van der Waals surface area contributed by atoms with Crippen molar-refractivity contribution in [2.24, 2.45) is 5.92 Å². The molecule has 1 aliphatic heterocycles. The van der Waals surface area contributed by atoms with Gasteiger partial charge in [-0.3, -0.25) is 14.3 Å². The first-order chi connectivity index (χ1) is 9.90. The molecule has 0 radical (unpaired) electrons. The number of likely N-dealkylation sites (tertiary alicyclic amines) is 1. The van der Waals surface area contributed by atoms with Gasteiger partial charge < -0.3 is 4.90 Å². The Labute approximate surface area is 129 Å². The van der Waals surface area contributed by atoms with E-state index in [1.54, 1.807) is 0 Å². The summed E-state index contributed by atoms with van der Waals surface area (Å²) in [6.07, 6.45) is 2.48. The lowest BCUT2D eigenvalue weighted by Gasteiger charge is -2.21. The van der Waals surface area contributed by atoms with Crippen LogP contribution in [0, 0.1) is 5.92 Å². The number of hydrogen-bond donors (Lipinski definition) is 1. The molecule has 21 heavy (non-hydrogen) atoms. The number of hydrogen-bond acceptors (Lipinski definition) is 3. The molecular weight excluding hydrogens is 290 g/mol.